The van der Waals surface area contributed by atoms with Crippen molar-refractivity contribution in [3.63, 3.8) is 0 Å². The van der Waals surface area contributed by atoms with Gasteiger partial charge in [0.25, 0.3) is 0 Å². The van der Waals surface area contributed by atoms with Crippen LogP contribution in [0, 0.1) is 0 Å². The number of aromatic carboxylic acids is 1. The highest BCUT2D eigenvalue weighted by Gasteiger charge is 2.21. The molecular formula is C12H18O4S. The van der Waals surface area contributed by atoms with E-state index in [0.717, 1.165) is 4.88 Å². The monoisotopic (exact) mass is 258 g/mol. The summed E-state index contributed by atoms with van der Waals surface area (Å²) in [6.07, 6.45) is 0. The van der Waals surface area contributed by atoms with Crippen molar-refractivity contribution in [2.24, 2.45) is 0 Å². The summed E-state index contributed by atoms with van der Waals surface area (Å²) in [5.41, 5.74) is -0.976. The predicted molar refractivity (Wildman–Crippen MR) is 67.2 cm³/mol. The van der Waals surface area contributed by atoms with Crippen LogP contribution in [0.1, 0.15) is 48.2 Å². The highest BCUT2D eigenvalue weighted by molar-refractivity contribution is 7.14. The largest absolute Gasteiger partial charge is 0.489 e. The van der Waals surface area contributed by atoms with E-state index in [1.165, 1.54) is 11.3 Å². The van der Waals surface area contributed by atoms with Gasteiger partial charge in [-0.25, -0.2) is 4.79 Å². The Balaban J connectivity index is 2.93. The van der Waals surface area contributed by atoms with Gasteiger partial charge >= 0.3 is 5.97 Å². The molecule has 2 N–H and O–H groups in total. The number of carboxylic acids is 1. The minimum atomic E-state index is -0.993. The molecule has 0 saturated heterocycles. The highest BCUT2D eigenvalue weighted by atomic mass is 32.1. The lowest BCUT2D eigenvalue weighted by molar-refractivity contribution is 0.0278. The number of rotatable bonds is 5. The van der Waals surface area contributed by atoms with Gasteiger partial charge in [-0.05, 0) is 25.8 Å². The van der Waals surface area contributed by atoms with Gasteiger partial charge in [0.05, 0.1) is 5.60 Å². The molecule has 0 saturated carbocycles. The second kappa shape index (κ2) is 5.06. The Hall–Kier alpha value is -1.07. The summed E-state index contributed by atoms with van der Waals surface area (Å²) in [4.78, 5) is 12.2. The Morgan fingerprint density at radius 1 is 1.53 bits per heavy atom. The van der Waals surface area contributed by atoms with Gasteiger partial charge in [0.15, 0.2) is 4.88 Å². The van der Waals surface area contributed by atoms with Crippen molar-refractivity contribution in [1.29, 1.82) is 0 Å². The summed E-state index contributed by atoms with van der Waals surface area (Å²) in [6.45, 7) is 7.29. The zero-order valence-corrected chi connectivity index (χ0v) is 11.3. The van der Waals surface area contributed by atoms with E-state index in [0.29, 0.717) is 5.75 Å². The second-order valence-electron chi connectivity index (χ2n) is 4.90. The molecule has 0 aliphatic rings. The first-order valence-electron chi connectivity index (χ1n) is 5.43. The topological polar surface area (TPSA) is 66.8 Å². The molecule has 0 radical (unpaired) electrons. The number of hydrogen-bond acceptors (Lipinski definition) is 4. The molecule has 0 aromatic carbocycles. The molecule has 17 heavy (non-hydrogen) atoms. The Morgan fingerprint density at radius 3 is 2.53 bits per heavy atom. The van der Waals surface area contributed by atoms with Crippen LogP contribution in [0.15, 0.2) is 6.07 Å². The van der Waals surface area contributed by atoms with Gasteiger partial charge in [-0.3, -0.25) is 0 Å². The molecule has 1 heterocycles. The average Bonchev–Trinajstić information content (AvgIpc) is 2.57. The molecule has 0 bridgehead atoms. The van der Waals surface area contributed by atoms with Gasteiger partial charge in [-0.15, -0.1) is 11.3 Å². The maximum Gasteiger partial charge on any atom is 0.349 e. The quantitative estimate of drug-likeness (QED) is 0.852. The third-order valence-electron chi connectivity index (χ3n) is 2.06. The normalized spacial score (nSPS) is 11.9. The van der Waals surface area contributed by atoms with E-state index in [9.17, 15) is 9.90 Å². The average molecular weight is 258 g/mol. The van der Waals surface area contributed by atoms with Crippen molar-refractivity contribution in [1.82, 2.24) is 0 Å². The van der Waals surface area contributed by atoms with E-state index in [1.54, 1.807) is 19.9 Å². The van der Waals surface area contributed by atoms with Crippen LogP contribution in [0.2, 0.25) is 0 Å². The zero-order valence-electron chi connectivity index (χ0n) is 10.5. The SMILES string of the molecule is CC(C)c1cc(OCC(C)(C)O)c(C(=O)O)s1. The summed E-state index contributed by atoms with van der Waals surface area (Å²) < 4.78 is 5.37. The highest BCUT2D eigenvalue weighted by Crippen LogP contribution is 2.34. The van der Waals surface area contributed by atoms with Gasteiger partial charge in [-0.1, -0.05) is 13.8 Å². The van der Waals surface area contributed by atoms with Crippen LogP contribution in [0.4, 0.5) is 0 Å². The minimum absolute atomic E-state index is 0.0710. The first kappa shape index (κ1) is 14.0. The van der Waals surface area contributed by atoms with E-state index in [4.69, 9.17) is 9.84 Å². The Kier molecular flexibility index (Phi) is 4.16. The van der Waals surface area contributed by atoms with E-state index in [2.05, 4.69) is 0 Å². The lowest BCUT2D eigenvalue weighted by Crippen LogP contribution is -2.28. The van der Waals surface area contributed by atoms with Crippen molar-refractivity contribution in [3.8, 4) is 5.75 Å². The van der Waals surface area contributed by atoms with Crippen LogP contribution in [0.5, 0.6) is 5.75 Å². The number of thiophene rings is 1. The second-order valence-corrected chi connectivity index (χ2v) is 5.99. The van der Waals surface area contributed by atoms with Gasteiger partial charge in [0.2, 0.25) is 0 Å². The van der Waals surface area contributed by atoms with Crippen LogP contribution in [-0.2, 0) is 0 Å². The molecule has 1 rings (SSSR count). The van der Waals surface area contributed by atoms with E-state index in [-0.39, 0.29) is 17.4 Å². The zero-order chi connectivity index (χ0) is 13.2. The Labute approximate surface area is 105 Å². The van der Waals surface area contributed by atoms with Crippen LogP contribution in [-0.4, -0.2) is 28.4 Å². The molecule has 0 unspecified atom stereocenters. The number of hydrogen-bond donors (Lipinski definition) is 2. The number of ether oxygens (including phenoxy) is 1. The van der Waals surface area contributed by atoms with Crippen molar-refractivity contribution >= 4 is 17.3 Å². The number of carbonyl (C=O) groups is 1. The van der Waals surface area contributed by atoms with Crippen LogP contribution in [0.3, 0.4) is 0 Å². The predicted octanol–water partition coefficient (Wildman–Crippen LogP) is 2.72. The molecule has 0 spiro atoms. The third-order valence-corrected chi connectivity index (χ3v) is 3.47. The smallest absolute Gasteiger partial charge is 0.349 e. The number of aliphatic hydroxyl groups is 1. The summed E-state index contributed by atoms with van der Waals surface area (Å²) in [6, 6.07) is 1.74. The molecule has 1 aromatic rings. The molecule has 0 aliphatic heterocycles. The van der Waals surface area contributed by atoms with Crippen LogP contribution >= 0.6 is 11.3 Å². The molecule has 1 aromatic heterocycles. The fraction of sp³-hybridized carbons (Fsp3) is 0.583. The summed E-state index contributed by atoms with van der Waals surface area (Å²) in [7, 11) is 0. The molecule has 0 aliphatic carbocycles. The van der Waals surface area contributed by atoms with Crippen molar-refractivity contribution in [3.05, 3.63) is 15.8 Å². The Bertz CT molecular complexity index is 401. The third kappa shape index (κ3) is 4.02. The fourth-order valence-corrected chi connectivity index (χ4v) is 2.13. The van der Waals surface area contributed by atoms with Crippen molar-refractivity contribution in [2.45, 2.75) is 39.2 Å². The molecule has 4 nitrogen and oxygen atoms in total. The molecule has 0 fully saturated rings. The molecule has 0 amide bonds. The molecular weight excluding hydrogens is 240 g/mol. The molecule has 0 atom stereocenters. The van der Waals surface area contributed by atoms with Gasteiger partial charge in [0.1, 0.15) is 12.4 Å². The van der Waals surface area contributed by atoms with Crippen LogP contribution < -0.4 is 4.74 Å². The minimum Gasteiger partial charge on any atom is -0.489 e. The lowest BCUT2D eigenvalue weighted by atomic mass is 10.1. The number of carboxylic acid groups (broad SMARTS) is 1. The first-order valence-corrected chi connectivity index (χ1v) is 6.24. The van der Waals surface area contributed by atoms with E-state index in [1.807, 2.05) is 13.8 Å². The van der Waals surface area contributed by atoms with Gasteiger partial charge in [-0.2, -0.15) is 0 Å². The Morgan fingerprint density at radius 2 is 2.12 bits per heavy atom. The van der Waals surface area contributed by atoms with Gasteiger partial charge < -0.3 is 14.9 Å². The maximum absolute atomic E-state index is 11.1. The summed E-state index contributed by atoms with van der Waals surface area (Å²) in [5, 5.41) is 18.6. The van der Waals surface area contributed by atoms with Crippen LogP contribution in [0.25, 0.3) is 0 Å². The van der Waals surface area contributed by atoms with Crippen molar-refractivity contribution in [2.75, 3.05) is 6.61 Å². The molecule has 5 heteroatoms. The maximum atomic E-state index is 11.1. The molecule has 96 valence electrons. The van der Waals surface area contributed by atoms with E-state index >= 15 is 0 Å². The summed E-state index contributed by atoms with van der Waals surface area (Å²) >= 11 is 1.22. The van der Waals surface area contributed by atoms with Crippen molar-refractivity contribution < 1.29 is 19.7 Å². The summed E-state index contributed by atoms with van der Waals surface area (Å²) in [5.74, 6) is -0.390. The fourth-order valence-electron chi connectivity index (χ4n) is 1.19. The van der Waals surface area contributed by atoms with E-state index < -0.39 is 11.6 Å². The lowest BCUT2D eigenvalue weighted by Gasteiger charge is -2.17. The standard InChI is InChI=1S/C12H18O4S/c1-7(2)9-5-8(10(17-9)11(13)14)16-6-12(3,4)15/h5,7,15H,6H2,1-4H3,(H,13,14). The van der Waals surface area contributed by atoms with Gasteiger partial charge in [0, 0.05) is 4.88 Å². The first-order chi connectivity index (χ1) is 7.70.